The summed E-state index contributed by atoms with van der Waals surface area (Å²) < 4.78 is 31.1. The van der Waals surface area contributed by atoms with E-state index in [2.05, 4.69) is 5.32 Å². The van der Waals surface area contributed by atoms with Crippen molar-refractivity contribution in [2.75, 3.05) is 19.8 Å². The first-order chi connectivity index (χ1) is 13.6. The van der Waals surface area contributed by atoms with Crippen LogP contribution in [-0.2, 0) is 17.9 Å². The average Bonchev–Trinajstić information content (AvgIpc) is 3.17. The van der Waals surface area contributed by atoms with Crippen LogP contribution in [-0.4, -0.2) is 25.9 Å². The maximum absolute atomic E-state index is 14.0. The van der Waals surface area contributed by atoms with E-state index in [1.807, 2.05) is 19.1 Å². The third-order valence-corrected chi connectivity index (χ3v) is 5.15. The SMILES string of the molecule is CCOc1cc(CNC[C@@H]2CCCO2)cc(Cl)c1OCc1c(F)cccc1Cl. The summed E-state index contributed by atoms with van der Waals surface area (Å²) in [5.74, 6) is 0.485. The van der Waals surface area contributed by atoms with Crippen molar-refractivity contribution in [1.82, 2.24) is 5.32 Å². The van der Waals surface area contributed by atoms with E-state index in [1.165, 1.54) is 6.07 Å². The van der Waals surface area contributed by atoms with Crippen molar-refractivity contribution in [3.8, 4) is 11.5 Å². The van der Waals surface area contributed by atoms with Gasteiger partial charge < -0.3 is 19.5 Å². The lowest BCUT2D eigenvalue weighted by atomic mass is 10.1. The fraction of sp³-hybridized carbons (Fsp3) is 0.429. The standard InChI is InChI=1S/C21H24Cl2FNO3/c1-2-26-20-10-14(11-25-12-15-5-4-8-27-15)9-18(23)21(20)28-13-16-17(22)6-3-7-19(16)24/h3,6-7,9-10,15,25H,2,4-5,8,11-13H2,1H3/t15-/m0/s1. The van der Waals surface area contributed by atoms with Crippen LogP contribution in [0.1, 0.15) is 30.9 Å². The Balaban J connectivity index is 1.69. The minimum atomic E-state index is -0.420. The molecule has 1 heterocycles. The highest BCUT2D eigenvalue weighted by Crippen LogP contribution is 2.37. The van der Waals surface area contributed by atoms with Gasteiger partial charge in [0.2, 0.25) is 0 Å². The van der Waals surface area contributed by atoms with Crippen molar-refractivity contribution in [3.05, 3.63) is 57.3 Å². The molecule has 28 heavy (non-hydrogen) atoms. The highest BCUT2D eigenvalue weighted by molar-refractivity contribution is 6.32. The second-order valence-corrected chi connectivity index (χ2v) is 7.41. The van der Waals surface area contributed by atoms with Gasteiger partial charge in [0, 0.05) is 25.3 Å². The van der Waals surface area contributed by atoms with Crippen molar-refractivity contribution in [2.24, 2.45) is 0 Å². The molecule has 3 rings (SSSR count). The van der Waals surface area contributed by atoms with Crippen LogP contribution in [0.2, 0.25) is 10.0 Å². The Morgan fingerprint density at radius 2 is 2.07 bits per heavy atom. The van der Waals surface area contributed by atoms with E-state index in [0.29, 0.717) is 34.7 Å². The molecule has 0 unspecified atom stereocenters. The number of benzene rings is 2. The van der Waals surface area contributed by atoms with Gasteiger partial charge in [-0.25, -0.2) is 4.39 Å². The van der Waals surface area contributed by atoms with E-state index in [1.54, 1.807) is 12.1 Å². The Bertz CT molecular complexity index is 777. The first-order valence-electron chi connectivity index (χ1n) is 9.41. The van der Waals surface area contributed by atoms with Gasteiger partial charge in [-0.05, 0) is 49.6 Å². The maximum atomic E-state index is 14.0. The molecule has 152 valence electrons. The second-order valence-electron chi connectivity index (χ2n) is 6.59. The molecule has 4 nitrogen and oxygen atoms in total. The minimum absolute atomic E-state index is 0.0398. The Morgan fingerprint density at radius 3 is 2.79 bits per heavy atom. The molecule has 1 atom stereocenters. The third-order valence-electron chi connectivity index (χ3n) is 4.52. The fourth-order valence-corrected chi connectivity index (χ4v) is 3.63. The van der Waals surface area contributed by atoms with Gasteiger partial charge in [-0.2, -0.15) is 0 Å². The van der Waals surface area contributed by atoms with Crippen LogP contribution in [0.3, 0.4) is 0 Å². The van der Waals surface area contributed by atoms with Crippen molar-refractivity contribution < 1.29 is 18.6 Å². The molecular formula is C21H24Cl2FNO3. The Hall–Kier alpha value is -1.53. The van der Waals surface area contributed by atoms with Crippen LogP contribution in [0.25, 0.3) is 0 Å². The van der Waals surface area contributed by atoms with Crippen LogP contribution >= 0.6 is 23.2 Å². The van der Waals surface area contributed by atoms with Gasteiger partial charge in [0.15, 0.2) is 11.5 Å². The zero-order valence-corrected chi connectivity index (χ0v) is 17.3. The number of rotatable bonds is 9. The first kappa shape index (κ1) is 21.2. The zero-order chi connectivity index (χ0) is 19.9. The van der Waals surface area contributed by atoms with Crippen molar-refractivity contribution in [3.63, 3.8) is 0 Å². The first-order valence-corrected chi connectivity index (χ1v) is 10.2. The van der Waals surface area contributed by atoms with E-state index in [9.17, 15) is 4.39 Å². The van der Waals surface area contributed by atoms with Gasteiger partial charge in [0.25, 0.3) is 0 Å². The number of hydrogen-bond acceptors (Lipinski definition) is 4. The largest absolute Gasteiger partial charge is 0.490 e. The average molecular weight is 428 g/mol. The summed E-state index contributed by atoms with van der Waals surface area (Å²) in [6, 6.07) is 8.23. The third kappa shape index (κ3) is 5.51. The number of halogens is 3. The molecule has 2 aromatic rings. The molecule has 0 spiro atoms. The molecule has 1 N–H and O–H groups in total. The topological polar surface area (TPSA) is 39.7 Å². The molecule has 7 heteroatoms. The molecule has 0 aliphatic carbocycles. The highest BCUT2D eigenvalue weighted by atomic mass is 35.5. The lowest BCUT2D eigenvalue weighted by Crippen LogP contribution is -2.25. The van der Waals surface area contributed by atoms with Crippen molar-refractivity contribution in [1.29, 1.82) is 0 Å². The van der Waals surface area contributed by atoms with Gasteiger partial charge in [-0.15, -0.1) is 0 Å². The predicted octanol–water partition coefficient (Wildman–Crippen LogP) is 5.38. The summed E-state index contributed by atoms with van der Waals surface area (Å²) in [5, 5.41) is 4.10. The van der Waals surface area contributed by atoms with E-state index < -0.39 is 5.82 Å². The molecule has 0 saturated carbocycles. The molecule has 0 bridgehead atoms. The Morgan fingerprint density at radius 1 is 1.21 bits per heavy atom. The molecule has 0 radical (unpaired) electrons. The predicted molar refractivity (Wildman–Crippen MR) is 109 cm³/mol. The number of nitrogens with one attached hydrogen (secondary N) is 1. The van der Waals surface area contributed by atoms with E-state index in [0.717, 1.165) is 31.6 Å². The van der Waals surface area contributed by atoms with Gasteiger partial charge in [-0.3, -0.25) is 0 Å². The molecule has 2 aromatic carbocycles. The summed E-state index contributed by atoms with van der Waals surface area (Å²) in [4.78, 5) is 0. The second kappa shape index (κ2) is 10.3. The summed E-state index contributed by atoms with van der Waals surface area (Å²) >= 11 is 12.5. The van der Waals surface area contributed by atoms with Gasteiger partial charge in [0.1, 0.15) is 12.4 Å². The van der Waals surface area contributed by atoms with Crippen LogP contribution in [0.5, 0.6) is 11.5 Å². The van der Waals surface area contributed by atoms with Crippen LogP contribution in [0.15, 0.2) is 30.3 Å². The van der Waals surface area contributed by atoms with Crippen molar-refractivity contribution in [2.45, 2.75) is 39.0 Å². The monoisotopic (exact) mass is 427 g/mol. The summed E-state index contributed by atoms with van der Waals surface area (Å²) in [6.07, 6.45) is 2.48. The maximum Gasteiger partial charge on any atom is 0.180 e. The normalized spacial score (nSPS) is 16.4. The fourth-order valence-electron chi connectivity index (χ4n) is 3.12. The number of ether oxygens (including phenoxy) is 3. The molecule has 0 amide bonds. The van der Waals surface area contributed by atoms with Crippen LogP contribution in [0, 0.1) is 5.82 Å². The van der Waals surface area contributed by atoms with E-state index in [4.69, 9.17) is 37.4 Å². The molecule has 1 saturated heterocycles. The van der Waals surface area contributed by atoms with Gasteiger partial charge in [-0.1, -0.05) is 29.3 Å². The highest BCUT2D eigenvalue weighted by Gasteiger charge is 2.17. The molecular weight excluding hydrogens is 404 g/mol. The molecule has 1 aliphatic heterocycles. The quantitative estimate of drug-likeness (QED) is 0.582. The van der Waals surface area contributed by atoms with E-state index >= 15 is 0 Å². The molecule has 1 aliphatic rings. The van der Waals surface area contributed by atoms with E-state index in [-0.39, 0.29) is 18.3 Å². The summed E-state index contributed by atoms with van der Waals surface area (Å²) in [6.45, 7) is 4.57. The number of hydrogen-bond donors (Lipinski definition) is 1. The molecule has 1 fully saturated rings. The smallest absolute Gasteiger partial charge is 0.180 e. The summed E-state index contributed by atoms with van der Waals surface area (Å²) in [5.41, 5.74) is 1.26. The van der Waals surface area contributed by atoms with Gasteiger partial charge in [0.05, 0.1) is 22.8 Å². The lowest BCUT2D eigenvalue weighted by Gasteiger charge is -2.17. The molecule has 0 aromatic heterocycles. The zero-order valence-electron chi connectivity index (χ0n) is 15.8. The van der Waals surface area contributed by atoms with Crippen LogP contribution in [0.4, 0.5) is 4.39 Å². The van der Waals surface area contributed by atoms with Crippen LogP contribution < -0.4 is 14.8 Å². The summed E-state index contributed by atoms with van der Waals surface area (Å²) in [7, 11) is 0. The Labute approximate surface area is 174 Å². The Kier molecular flexibility index (Phi) is 7.80. The minimum Gasteiger partial charge on any atom is -0.490 e. The lowest BCUT2D eigenvalue weighted by molar-refractivity contribution is 0.110. The van der Waals surface area contributed by atoms with Crippen molar-refractivity contribution >= 4 is 23.2 Å². The van der Waals surface area contributed by atoms with Gasteiger partial charge >= 0.3 is 0 Å².